The summed E-state index contributed by atoms with van der Waals surface area (Å²) in [6.07, 6.45) is 0.541. The summed E-state index contributed by atoms with van der Waals surface area (Å²) in [5.74, 6) is 0.701. The van der Waals surface area contributed by atoms with Crippen molar-refractivity contribution in [3.8, 4) is 11.8 Å². The fourth-order valence-electron chi connectivity index (χ4n) is 1.63. The molecule has 92 valence electrons. The van der Waals surface area contributed by atoms with Crippen LogP contribution in [-0.2, 0) is 6.54 Å². The molecule has 1 rings (SSSR count). The molecule has 0 radical (unpaired) electrons. The molecule has 0 saturated heterocycles. The van der Waals surface area contributed by atoms with Crippen LogP contribution in [0.1, 0.15) is 17.5 Å². The minimum absolute atomic E-state index is 0.541. The highest BCUT2D eigenvalue weighted by molar-refractivity contribution is 6.32. The third kappa shape index (κ3) is 3.92. The molecule has 0 amide bonds. The molecular formula is C13H17ClN2O. The van der Waals surface area contributed by atoms with Crippen molar-refractivity contribution in [2.75, 3.05) is 20.7 Å². The first-order chi connectivity index (χ1) is 8.08. The highest BCUT2D eigenvalue weighted by atomic mass is 35.5. The van der Waals surface area contributed by atoms with Crippen LogP contribution in [0, 0.1) is 18.3 Å². The average Bonchev–Trinajstić information content (AvgIpc) is 2.30. The molecular weight excluding hydrogens is 236 g/mol. The Balaban J connectivity index is 2.78. The predicted octanol–water partition coefficient (Wildman–Crippen LogP) is 3.00. The van der Waals surface area contributed by atoms with E-state index in [-0.39, 0.29) is 0 Å². The zero-order valence-corrected chi connectivity index (χ0v) is 11.2. The van der Waals surface area contributed by atoms with Crippen molar-refractivity contribution in [2.45, 2.75) is 19.9 Å². The molecule has 0 aliphatic rings. The van der Waals surface area contributed by atoms with Gasteiger partial charge in [0.25, 0.3) is 0 Å². The Morgan fingerprint density at radius 1 is 1.47 bits per heavy atom. The summed E-state index contributed by atoms with van der Waals surface area (Å²) in [4.78, 5) is 2.11. The van der Waals surface area contributed by atoms with E-state index in [4.69, 9.17) is 21.6 Å². The van der Waals surface area contributed by atoms with E-state index in [9.17, 15) is 0 Å². The van der Waals surface area contributed by atoms with Crippen molar-refractivity contribution in [2.24, 2.45) is 0 Å². The van der Waals surface area contributed by atoms with Crippen molar-refractivity contribution in [3.63, 3.8) is 0 Å². The molecule has 0 aromatic heterocycles. The average molecular weight is 253 g/mol. The molecule has 0 aliphatic heterocycles. The monoisotopic (exact) mass is 252 g/mol. The third-order valence-electron chi connectivity index (χ3n) is 2.66. The molecule has 0 aliphatic carbocycles. The van der Waals surface area contributed by atoms with Crippen molar-refractivity contribution in [1.82, 2.24) is 4.90 Å². The normalized spacial score (nSPS) is 10.4. The van der Waals surface area contributed by atoms with Crippen LogP contribution in [0.5, 0.6) is 5.75 Å². The van der Waals surface area contributed by atoms with Crippen molar-refractivity contribution < 1.29 is 4.74 Å². The van der Waals surface area contributed by atoms with Gasteiger partial charge in [0.1, 0.15) is 5.75 Å². The van der Waals surface area contributed by atoms with Crippen LogP contribution >= 0.6 is 11.6 Å². The lowest BCUT2D eigenvalue weighted by molar-refractivity contribution is 0.334. The molecule has 3 nitrogen and oxygen atoms in total. The van der Waals surface area contributed by atoms with Crippen LogP contribution in [0.25, 0.3) is 0 Å². The van der Waals surface area contributed by atoms with E-state index >= 15 is 0 Å². The van der Waals surface area contributed by atoms with Crippen LogP contribution in [0.3, 0.4) is 0 Å². The fourth-order valence-corrected chi connectivity index (χ4v) is 1.90. The van der Waals surface area contributed by atoms with E-state index in [2.05, 4.69) is 11.0 Å². The van der Waals surface area contributed by atoms with Gasteiger partial charge in [-0.15, -0.1) is 0 Å². The molecule has 0 bridgehead atoms. The summed E-state index contributed by atoms with van der Waals surface area (Å²) in [6, 6.07) is 6.01. The minimum Gasteiger partial charge on any atom is -0.495 e. The van der Waals surface area contributed by atoms with Gasteiger partial charge in [0, 0.05) is 19.5 Å². The number of benzene rings is 1. The van der Waals surface area contributed by atoms with Gasteiger partial charge in [-0.1, -0.05) is 11.6 Å². The van der Waals surface area contributed by atoms with E-state index in [0.717, 1.165) is 24.2 Å². The predicted molar refractivity (Wildman–Crippen MR) is 69.3 cm³/mol. The summed E-state index contributed by atoms with van der Waals surface area (Å²) >= 11 is 6.09. The van der Waals surface area contributed by atoms with E-state index in [1.807, 2.05) is 26.1 Å². The zero-order chi connectivity index (χ0) is 12.8. The highest BCUT2D eigenvalue weighted by Crippen LogP contribution is 2.28. The van der Waals surface area contributed by atoms with Crippen LogP contribution in [-0.4, -0.2) is 25.6 Å². The molecule has 1 aromatic rings. The maximum Gasteiger partial charge on any atom is 0.137 e. The first-order valence-corrected chi connectivity index (χ1v) is 5.84. The minimum atomic E-state index is 0.541. The Bertz CT molecular complexity index is 426. The van der Waals surface area contributed by atoms with Gasteiger partial charge < -0.3 is 9.64 Å². The Labute approximate surface area is 108 Å². The number of nitrogens with zero attached hydrogens (tertiary/aromatic N) is 2. The Kier molecular flexibility index (Phi) is 5.27. The van der Waals surface area contributed by atoms with Crippen molar-refractivity contribution in [3.05, 3.63) is 28.3 Å². The van der Waals surface area contributed by atoms with Gasteiger partial charge in [-0.25, -0.2) is 0 Å². The summed E-state index contributed by atoms with van der Waals surface area (Å²) in [7, 11) is 3.61. The van der Waals surface area contributed by atoms with Crippen LogP contribution in [0.15, 0.2) is 12.1 Å². The largest absolute Gasteiger partial charge is 0.495 e. The second-order valence-corrected chi connectivity index (χ2v) is 4.47. The molecule has 0 heterocycles. The maximum atomic E-state index is 8.53. The maximum absolute atomic E-state index is 8.53. The van der Waals surface area contributed by atoms with E-state index < -0.39 is 0 Å². The molecule has 0 spiro atoms. The lowest BCUT2D eigenvalue weighted by atomic mass is 10.1. The first kappa shape index (κ1) is 13.8. The van der Waals surface area contributed by atoms with Gasteiger partial charge in [0.05, 0.1) is 18.2 Å². The zero-order valence-electron chi connectivity index (χ0n) is 10.5. The third-order valence-corrected chi connectivity index (χ3v) is 2.95. The standard InChI is InChI=1S/C13H17ClN2O/c1-10-7-13(17-3)12(14)8-11(10)9-16(2)6-4-5-15/h7-8H,4,6,9H2,1-3H3. The van der Waals surface area contributed by atoms with E-state index in [0.29, 0.717) is 17.2 Å². The SMILES string of the molecule is COc1cc(C)c(CN(C)CCC#N)cc1Cl. The molecule has 0 unspecified atom stereocenters. The summed E-state index contributed by atoms with van der Waals surface area (Å²) in [6.45, 7) is 3.59. The van der Waals surface area contributed by atoms with Gasteiger partial charge in [-0.3, -0.25) is 0 Å². The summed E-state index contributed by atoms with van der Waals surface area (Å²) in [5, 5.41) is 9.16. The van der Waals surface area contributed by atoms with Crippen LogP contribution in [0.4, 0.5) is 0 Å². The molecule has 0 N–H and O–H groups in total. The van der Waals surface area contributed by atoms with Gasteiger partial charge in [0.15, 0.2) is 0 Å². The molecule has 1 aromatic carbocycles. The lowest BCUT2D eigenvalue weighted by Gasteiger charge is -2.17. The fraction of sp³-hybridized carbons (Fsp3) is 0.462. The Morgan fingerprint density at radius 2 is 2.18 bits per heavy atom. The lowest BCUT2D eigenvalue weighted by Crippen LogP contribution is -2.19. The molecule has 0 saturated carbocycles. The number of rotatable bonds is 5. The number of methoxy groups -OCH3 is 1. The number of aryl methyl sites for hydroxylation is 1. The first-order valence-electron chi connectivity index (χ1n) is 5.47. The Morgan fingerprint density at radius 3 is 2.76 bits per heavy atom. The molecule has 4 heteroatoms. The number of hydrogen-bond acceptors (Lipinski definition) is 3. The number of ether oxygens (including phenoxy) is 1. The van der Waals surface area contributed by atoms with Crippen LogP contribution < -0.4 is 4.74 Å². The van der Waals surface area contributed by atoms with Gasteiger partial charge in [-0.05, 0) is 37.2 Å². The van der Waals surface area contributed by atoms with Crippen molar-refractivity contribution in [1.29, 1.82) is 5.26 Å². The smallest absolute Gasteiger partial charge is 0.137 e. The molecule has 17 heavy (non-hydrogen) atoms. The van der Waals surface area contributed by atoms with Gasteiger partial charge in [0.2, 0.25) is 0 Å². The quantitative estimate of drug-likeness (QED) is 0.808. The second kappa shape index (κ2) is 6.48. The van der Waals surface area contributed by atoms with E-state index in [1.54, 1.807) is 7.11 Å². The van der Waals surface area contributed by atoms with Gasteiger partial charge >= 0.3 is 0 Å². The van der Waals surface area contributed by atoms with Crippen LogP contribution in [0.2, 0.25) is 5.02 Å². The topological polar surface area (TPSA) is 36.3 Å². The number of nitriles is 1. The number of halogens is 1. The van der Waals surface area contributed by atoms with Crippen molar-refractivity contribution >= 4 is 11.6 Å². The molecule has 0 fully saturated rings. The second-order valence-electron chi connectivity index (χ2n) is 4.06. The highest BCUT2D eigenvalue weighted by Gasteiger charge is 2.08. The number of hydrogen-bond donors (Lipinski definition) is 0. The summed E-state index contributed by atoms with van der Waals surface area (Å²) in [5.41, 5.74) is 2.31. The molecule has 0 atom stereocenters. The van der Waals surface area contributed by atoms with Gasteiger partial charge in [-0.2, -0.15) is 5.26 Å². The Hall–Kier alpha value is -1.24. The van der Waals surface area contributed by atoms with E-state index in [1.165, 1.54) is 0 Å². The summed E-state index contributed by atoms with van der Waals surface area (Å²) < 4.78 is 5.16.